The third kappa shape index (κ3) is 3.20. The molecule has 0 aromatic carbocycles. The summed E-state index contributed by atoms with van der Waals surface area (Å²) in [6, 6.07) is -0.261. The zero-order valence-corrected chi connectivity index (χ0v) is 9.19. The molecule has 1 fully saturated rings. The Morgan fingerprint density at radius 1 is 1.53 bits per heavy atom. The molecule has 0 aliphatic carbocycles. The fraction of sp³-hybridized carbons (Fsp3) is 0.800. The third-order valence-corrected chi connectivity index (χ3v) is 2.57. The Labute approximate surface area is 89.4 Å². The van der Waals surface area contributed by atoms with Crippen LogP contribution in [0.3, 0.4) is 0 Å². The largest absolute Gasteiger partial charge is 0.480 e. The zero-order valence-electron chi connectivity index (χ0n) is 9.19. The van der Waals surface area contributed by atoms with Gasteiger partial charge in [0.15, 0.2) is 0 Å². The Kier molecular flexibility index (Phi) is 4.08. The molecule has 0 aromatic heterocycles. The van der Waals surface area contributed by atoms with Gasteiger partial charge in [0, 0.05) is 6.04 Å². The molecule has 86 valence electrons. The molecule has 2 N–H and O–H groups in total. The molecule has 1 aliphatic heterocycles. The van der Waals surface area contributed by atoms with Crippen molar-refractivity contribution in [2.45, 2.75) is 38.8 Å². The molecule has 1 amide bonds. The lowest BCUT2D eigenvalue weighted by Gasteiger charge is -2.27. The second-order valence-electron chi connectivity index (χ2n) is 4.10. The lowest BCUT2D eigenvalue weighted by atomic mass is 10.2. The van der Waals surface area contributed by atoms with Crippen molar-refractivity contribution >= 4 is 11.9 Å². The first-order chi connectivity index (χ1) is 7.02. The van der Waals surface area contributed by atoms with Crippen LogP contribution in [0.25, 0.3) is 0 Å². The highest BCUT2D eigenvalue weighted by atomic mass is 16.4. The van der Waals surface area contributed by atoms with Crippen molar-refractivity contribution in [2.75, 3.05) is 13.1 Å². The van der Waals surface area contributed by atoms with E-state index in [0.29, 0.717) is 0 Å². The van der Waals surface area contributed by atoms with Crippen molar-refractivity contribution in [2.24, 2.45) is 0 Å². The number of hydrogen-bond donors (Lipinski definition) is 2. The van der Waals surface area contributed by atoms with Gasteiger partial charge in [-0.25, -0.2) is 0 Å². The van der Waals surface area contributed by atoms with E-state index in [1.165, 1.54) is 4.90 Å². The summed E-state index contributed by atoms with van der Waals surface area (Å²) in [4.78, 5) is 23.9. The Hall–Kier alpha value is -1.10. The molecule has 15 heavy (non-hydrogen) atoms. The van der Waals surface area contributed by atoms with Crippen LogP contribution in [0.1, 0.15) is 26.7 Å². The Morgan fingerprint density at radius 2 is 2.20 bits per heavy atom. The second kappa shape index (κ2) is 5.11. The molecule has 0 aromatic rings. The summed E-state index contributed by atoms with van der Waals surface area (Å²) >= 11 is 0. The summed E-state index contributed by atoms with van der Waals surface area (Å²) in [6.45, 7) is 4.29. The summed E-state index contributed by atoms with van der Waals surface area (Å²) in [5.41, 5.74) is 0. The minimum absolute atomic E-state index is 0.0731. The Bertz CT molecular complexity index is 247. The monoisotopic (exact) mass is 214 g/mol. The van der Waals surface area contributed by atoms with Crippen molar-refractivity contribution in [1.29, 1.82) is 0 Å². The van der Waals surface area contributed by atoms with Gasteiger partial charge in [0.25, 0.3) is 0 Å². The summed E-state index contributed by atoms with van der Waals surface area (Å²) in [6.07, 6.45) is 1.79. The molecule has 1 heterocycles. The Morgan fingerprint density at radius 3 is 2.60 bits per heavy atom. The van der Waals surface area contributed by atoms with Gasteiger partial charge in [0.05, 0.1) is 6.04 Å². The van der Waals surface area contributed by atoms with E-state index < -0.39 is 5.97 Å². The highest BCUT2D eigenvalue weighted by Crippen LogP contribution is 2.10. The molecule has 5 nitrogen and oxygen atoms in total. The van der Waals surface area contributed by atoms with Crippen molar-refractivity contribution in [3.63, 3.8) is 0 Å². The first-order valence-corrected chi connectivity index (χ1v) is 5.28. The van der Waals surface area contributed by atoms with Crippen LogP contribution >= 0.6 is 0 Å². The quantitative estimate of drug-likeness (QED) is 0.694. The minimum Gasteiger partial charge on any atom is -0.480 e. The molecule has 1 saturated heterocycles. The number of rotatable bonds is 4. The number of hydrogen-bond acceptors (Lipinski definition) is 3. The van der Waals surface area contributed by atoms with Gasteiger partial charge in [0.2, 0.25) is 5.91 Å². The first-order valence-electron chi connectivity index (χ1n) is 5.28. The van der Waals surface area contributed by atoms with Crippen LogP contribution in [0, 0.1) is 0 Å². The van der Waals surface area contributed by atoms with Gasteiger partial charge in [-0.15, -0.1) is 0 Å². The molecule has 1 aliphatic rings. The predicted octanol–water partition coefficient (Wildman–Crippen LogP) is 0.0600. The molecular formula is C10H18N2O3. The van der Waals surface area contributed by atoms with Gasteiger partial charge in [-0.3, -0.25) is 9.59 Å². The molecular weight excluding hydrogens is 196 g/mol. The standard InChI is InChI=1S/C10H18N2O3/c1-7(2)12(6-9(13)14)10(15)8-4-3-5-11-8/h7-8,11H,3-6H2,1-2H3,(H,13,14). The molecule has 0 radical (unpaired) electrons. The second-order valence-corrected chi connectivity index (χ2v) is 4.10. The van der Waals surface area contributed by atoms with E-state index in [0.717, 1.165) is 19.4 Å². The SMILES string of the molecule is CC(C)N(CC(=O)O)C(=O)C1CCCN1. The maximum Gasteiger partial charge on any atom is 0.323 e. The van der Waals surface area contributed by atoms with E-state index in [2.05, 4.69) is 5.32 Å². The summed E-state index contributed by atoms with van der Waals surface area (Å²) in [5, 5.41) is 11.8. The maximum absolute atomic E-state index is 11.9. The van der Waals surface area contributed by atoms with Gasteiger partial charge in [-0.05, 0) is 33.2 Å². The number of carboxylic acids is 1. The molecule has 0 saturated carbocycles. The number of nitrogens with one attached hydrogen (secondary N) is 1. The van der Waals surface area contributed by atoms with Crippen molar-refractivity contribution in [1.82, 2.24) is 10.2 Å². The van der Waals surface area contributed by atoms with E-state index in [1.807, 2.05) is 13.8 Å². The van der Waals surface area contributed by atoms with E-state index in [4.69, 9.17) is 5.11 Å². The summed E-state index contributed by atoms with van der Waals surface area (Å²) < 4.78 is 0. The average Bonchev–Trinajstić information content (AvgIpc) is 2.65. The van der Waals surface area contributed by atoms with Gasteiger partial charge in [-0.2, -0.15) is 0 Å². The molecule has 0 bridgehead atoms. The van der Waals surface area contributed by atoms with Crippen LogP contribution < -0.4 is 5.32 Å². The summed E-state index contributed by atoms with van der Waals surface area (Å²) in [7, 11) is 0. The zero-order chi connectivity index (χ0) is 11.4. The average molecular weight is 214 g/mol. The fourth-order valence-corrected chi connectivity index (χ4v) is 1.76. The third-order valence-electron chi connectivity index (χ3n) is 2.57. The van der Waals surface area contributed by atoms with Gasteiger partial charge in [0.1, 0.15) is 6.54 Å². The molecule has 5 heteroatoms. The van der Waals surface area contributed by atoms with Crippen molar-refractivity contribution in [3.8, 4) is 0 Å². The van der Waals surface area contributed by atoms with Crippen molar-refractivity contribution < 1.29 is 14.7 Å². The molecule has 1 atom stereocenters. The van der Waals surface area contributed by atoms with Crippen LogP contribution in [0.4, 0.5) is 0 Å². The first kappa shape index (κ1) is 12.0. The normalized spacial score (nSPS) is 20.6. The number of carboxylic acid groups (broad SMARTS) is 1. The number of carbonyl (C=O) groups is 2. The van der Waals surface area contributed by atoms with Gasteiger partial charge >= 0.3 is 5.97 Å². The van der Waals surface area contributed by atoms with Crippen LogP contribution in [-0.4, -0.2) is 47.1 Å². The highest BCUT2D eigenvalue weighted by Gasteiger charge is 2.29. The smallest absolute Gasteiger partial charge is 0.323 e. The van der Waals surface area contributed by atoms with Gasteiger partial charge < -0.3 is 15.3 Å². The highest BCUT2D eigenvalue weighted by molar-refractivity contribution is 5.85. The molecule has 1 rings (SSSR count). The topological polar surface area (TPSA) is 69.6 Å². The van der Waals surface area contributed by atoms with Crippen LogP contribution in [0.2, 0.25) is 0 Å². The summed E-state index contributed by atoms with van der Waals surface area (Å²) in [5.74, 6) is -1.06. The van der Waals surface area contributed by atoms with Gasteiger partial charge in [-0.1, -0.05) is 0 Å². The van der Waals surface area contributed by atoms with Crippen LogP contribution in [0.15, 0.2) is 0 Å². The van der Waals surface area contributed by atoms with Crippen molar-refractivity contribution in [3.05, 3.63) is 0 Å². The van der Waals surface area contributed by atoms with E-state index in [9.17, 15) is 9.59 Å². The number of aliphatic carboxylic acids is 1. The predicted molar refractivity (Wildman–Crippen MR) is 55.5 cm³/mol. The lowest BCUT2D eigenvalue weighted by molar-refractivity contribution is -0.146. The Balaban J connectivity index is 2.61. The lowest BCUT2D eigenvalue weighted by Crippen LogP contribution is -2.48. The number of carbonyl (C=O) groups excluding carboxylic acids is 1. The van der Waals surface area contributed by atoms with Crippen LogP contribution in [-0.2, 0) is 9.59 Å². The van der Waals surface area contributed by atoms with E-state index in [-0.39, 0.29) is 24.5 Å². The van der Waals surface area contributed by atoms with E-state index in [1.54, 1.807) is 0 Å². The van der Waals surface area contributed by atoms with E-state index >= 15 is 0 Å². The minimum atomic E-state index is -0.963. The number of nitrogens with zero attached hydrogens (tertiary/aromatic N) is 1. The number of amides is 1. The van der Waals surface area contributed by atoms with Crippen LogP contribution in [0.5, 0.6) is 0 Å². The fourth-order valence-electron chi connectivity index (χ4n) is 1.76. The molecule has 0 spiro atoms. The maximum atomic E-state index is 11.9. The molecule has 1 unspecified atom stereocenters.